The fourth-order valence-electron chi connectivity index (χ4n) is 1.14. The quantitative estimate of drug-likeness (QED) is 0.742. The molecule has 2 aromatic heterocycles. The predicted octanol–water partition coefficient (Wildman–Crippen LogP) is 2.03. The summed E-state index contributed by atoms with van der Waals surface area (Å²) in [6, 6.07) is 1.86. The Hall–Kier alpha value is -1.75. The lowest BCUT2D eigenvalue weighted by Gasteiger charge is -2.00. The fraction of sp³-hybridized carbons (Fsp3) is 0.100. The van der Waals surface area contributed by atoms with Crippen molar-refractivity contribution in [3.8, 4) is 16.2 Å². The molecule has 0 fully saturated rings. The average Bonchev–Trinajstić information content (AvgIpc) is 2.78. The van der Waals surface area contributed by atoms with Gasteiger partial charge in [-0.25, -0.2) is 4.98 Å². The third-order valence-corrected chi connectivity index (χ3v) is 2.83. The molecule has 0 bridgehead atoms. The van der Waals surface area contributed by atoms with E-state index in [0.29, 0.717) is 10.8 Å². The Labute approximate surface area is 90.6 Å². The first-order valence-corrected chi connectivity index (χ1v) is 5.05. The van der Waals surface area contributed by atoms with Gasteiger partial charge in [0, 0.05) is 18.0 Å². The molecule has 0 N–H and O–H groups in total. The molecule has 15 heavy (non-hydrogen) atoms. The van der Waals surface area contributed by atoms with E-state index in [4.69, 9.17) is 4.74 Å². The van der Waals surface area contributed by atoms with Gasteiger partial charge in [-0.1, -0.05) is 0 Å². The average molecular weight is 220 g/mol. The number of nitrogens with zero attached hydrogens (tertiary/aromatic N) is 2. The van der Waals surface area contributed by atoms with Crippen LogP contribution in [-0.2, 0) is 0 Å². The van der Waals surface area contributed by atoms with Crippen LogP contribution in [0.2, 0.25) is 0 Å². The maximum absolute atomic E-state index is 10.5. The molecule has 2 heterocycles. The fourth-order valence-corrected chi connectivity index (χ4v) is 1.85. The number of aldehydes is 1. The molecule has 0 aliphatic heterocycles. The number of carbonyl (C=O) groups is 1. The number of hydrogen-bond acceptors (Lipinski definition) is 5. The molecule has 0 radical (unpaired) electrons. The van der Waals surface area contributed by atoms with E-state index < -0.39 is 0 Å². The van der Waals surface area contributed by atoms with Gasteiger partial charge in [-0.05, 0) is 6.07 Å². The van der Waals surface area contributed by atoms with E-state index in [1.54, 1.807) is 25.7 Å². The second-order valence-electron chi connectivity index (χ2n) is 2.79. The van der Waals surface area contributed by atoms with Crippen molar-refractivity contribution >= 4 is 17.6 Å². The summed E-state index contributed by atoms with van der Waals surface area (Å²) >= 11 is 1.33. The lowest BCUT2D eigenvalue weighted by atomic mass is 10.2. The van der Waals surface area contributed by atoms with E-state index in [0.717, 1.165) is 16.7 Å². The van der Waals surface area contributed by atoms with Crippen molar-refractivity contribution in [2.75, 3.05) is 7.11 Å². The highest BCUT2D eigenvalue weighted by Crippen LogP contribution is 2.27. The first kappa shape index (κ1) is 9.79. The number of ether oxygens (including phenoxy) is 1. The van der Waals surface area contributed by atoms with Gasteiger partial charge in [-0.2, -0.15) is 0 Å². The summed E-state index contributed by atoms with van der Waals surface area (Å²) < 4.78 is 5.06. The van der Waals surface area contributed by atoms with Crippen LogP contribution in [0.3, 0.4) is 0 Å². The van der Waals surface area contributed by atoms with Crippen LogP contribution in [0.1, 0.15) is 9.80 Å². The first-order valence-electron chi connectivity index (χ1n) is 4.24. The molecule has 5 heteroatoms. The molecule has 0 atom stereocenters. The Morgan fingerprint density at radius 2 is 2.27 bits per heavy atom. The summed E-state index contributed by atoms with van der Waals surface area (Å²) in [6.45, 7) is 0. The lowest BCUT2D eigenvalue weighted by Crippen LogP contribution is -1.84. The molecule has 2 rings (SSSR count). The van der Waals surface area contributed by atoms with Crippen molar-refractivity contribution in [1.82, 2.24) is 9.97 Å². The highest BCUT2D eigenvalue weighted by molar-refractivity contribution is 7.16. The molecule has 4 nitrogen and oxygen atoms in total. The molecule has 0 aliphatic rings. The van der Waals surface area contributed by atoms with E-state index in [2.05, 4.69) is 9.97 Å². The summed E-state index contributed by atoms with van der Waals surface area (Å²) in [5.74, 6) is 0.688. The Morgan fingerprint density at radius 3 is 2.93 bits per heavy atom. The van der Waals surface area contributed by atoms with Crippen molar-refractivity contribution in [3.05, 3.63) is 29.7 Å². The molecule has 0 aliphatic carbocycles. The smallest absolute Gasteiger partial charge is 0.178 e. The molecule has 2 aromatic rings. The number of methoxy groups -OCH3 is 1. The topological polar surface area (TPSA) is 52.1 Å². The Kier molecular flexibility index (Phi) is 2.73. The highest BCUT2D eigenvalue weighted by atomic mass is 32.1. The number of pyridine rings is 1. The van der Waals surface area contributed by atoms with Gasteiger partial charge in [0.1, 0.15) is 5.75 Å². The van der Waals surface area contributed by atoms with E-state index in [9.17, 15) is 4.79 Å². The highest BCUT2D eigenvalue weighted by Gasteiger charge is 2.04. The third kappa shape index (κ3) is 2.02. The standard InChI is InChI=1S/C10H8N2O2S/c1-14-8-2-7(3-11-4-8)9-5-12-10(6-13)15-9/h2-6H,1H3. The van der Waals surface area contributed by atoms with Gasteiger partial charge in [-0.3, -0.25) is 9.78 Å². The second kappa shape index (κ2) is 4.18. The van der Waals surface area contributed by atoms with Crippen molar-refractivity contribution < 1.29 is 9.53 Å². The minimum atomic E-state index is 0.466. The molecule has 0 spiro atoms. The SMILES string of the molecule is COc1cncc(-c2cnc(C=O)s2)c1. The molecule has 0 aromatic carbocycles. The maximum Gasteiger partial charge on any atom is 0.178 e. The van der Waals surface area contributed by atoms with Gasteiger partial charge in [-0.15, -0.1) is 11.3 Å². The normalized spacial score (nSPS) is 9.93. The molecule has 0 saturated heterocycles. The summed E-state index contributed by atoms with van der Waals surface area (Å²) in [7, 11) is 1.59. The Bertz CT molecular complexity index is 482. The molecule has 0 unspecified atom stereocenters. The van der Waals surface area contributed by atoms with E-state index in [-0.39, 0.29) is 0 Å². The van der Waals surface area contributed by atoms with Crippen LogP contribution in [0.4, 0.5) is 0 Å². The first-order chi connectivity index (χ1) is 7.33. The van der Waals surface area contributed by atoms with Crippen LogP contribution >= 0.6 is 11.3 Å². The zero-order valence-electron chi connectivity index (χ0n) is 8.01. The number of rotatable bonds is 3. The Balaban J connectivity index is 2.39. The summed E-state index contributed by atoms with van der Waals surface area (Å²) in [5, 5.41) is 0.466. The monoisotopic (exact) mass is 220 g/mol. The van der Waals surface area contributed by atoms with E-state index >= 15 is 0 Å². The minimum absolute atomic E-state index is 0.466. The van der Waals surface area contributed by atoms with E-state index in [1.165, 1.54) is 11.3 Å². The van der Waals surface area contributed by atoms with Crippen molar-refractivity contribution in [1.29, 1.82) is 0 Å². The lowest BCUT2D eigenvalue weighted by molar-refractivity contribution is 0.112. The zero-order valence-corrected chi connectivity index (χ0v) is 8.82. The van der Waals surface area contributed by atoms with Crippen LogP contribution < -0.4 is 4.74 Å². The van der Waals surface area contributed by atoms with Crippen LogP contribution in [0.5, 0.6) is 5.75 Å². The summed E-state index contributed by atoms with van der Waals surface area (Å²) in [6.07, 6.45) is 5.74. The third-order valence-electron chi connectivity index (χ3n) is 1.86. The van der Waals surface area contributed by atoms with Crippen LogP contribution in [0.15, 0.2) is 24.7 Å². The van der Waals surface area contributed by atoms with Crippen molar-refractivity contribution in [2.45, 2.75) is 0 Å². The molecule has 76 valence electrons. The van der Waals surface area contributed by atoms with Gasteiger partial charge < -0.3 is 4.74 Å². The molecular formula is C10H8N2O2S. The van der Waals surface area contributed by atoms with Crippen molar-refractivity contribution in [3.63, 3.8) is 0 Å². The largest absolute Gasteiger partial charge is 0.495 e. The number of carbonyl (C=O) groups excluding carboxylic acids is 1. The van der Waals surface area contributed by atoms with Gasteiger partial charge in [0.2, 0.25) is 0 Å². The van der Waals surface area contributed by atoms with Crippen molar-refractivity contribution in [2.24, 2.45) is 0 Å². The molecule has 0 amide bonds. The number of hydrogen-bond donors (Lipinski definition) is 0. The summed E-state index contributed by atoms with van der Waals surface area (Å²) in [5.41, 5.74) is 0.903. The van der Waals surface area contributed by atoms with Crippen LogP contribution in [0.25, 0.3) is 10.4 Å². The minimum Gasteiger partial charge on any atom is -0.495 e. The van der Waals surface area contributed by atoms with Gasteiger partial charge >= 0.3 is 0 Å². The second-order valence-corrected chi connectivity index (χ2v) is 3.86. The predicted molar refractivity (Wildman–Crippen MR) is 57.3 cm³/mol. The van der Waals surface area contributed by atoms with Crippen LogP contribution in [-0.4, -0.2) is 23.4 Å². The Morgan fingerprint density at radius 1 is 1.40 bits per heavy atom. The molecular weight excluding hydrogens is 212 g/mol. The van der Waals surface area contributed by atoms with E-state index in [1.807, 2.05) is 6.07 Å². The van der Waals surface area contributed by atoms with Gasteiger partial charge in [0.25, 0.3) is 0 Å². The van der Waals surface area contributed by atoms with Gasteiger partial charge in [0.15, 0.2) is 11.3 Å². The number of thiazole rings is 1. The van der Waals surface area contributed by atoms with Gasteiger partial charge in [0.05, 0.1) is 18.2 Å². The summed E-state index contributed by atoms with van der Waals surface area (Å²) in [4.78, 5) is 19.4. The maximum atomic E-state index is 10.5. The number of aromatic nitrogens is 2. The van der Waals surface area contributed by atoms with Crippen LogP contribution in [0, 0.1) is 0 Å². The molecule has 0 saturated carbocycles. The zero-order chi connectivity index (χ0) is 10.7.